The van der Waals surface area contributed by atoms with Gasteiger partial charge in [-0.25, -0.2) is 9.78 Å². The molecule has 0 radical (unpaired) electrons. The smallest absolute Gasteiger partial charge is 0.359 e. The lowest BCUT2D eigenvalue weighted by Crippen LogP contribution is -2.14. The van der Waals surface area contributed by atoms with Crippen molar-refractivity contribution in [1.82, 2.24) is 4.98 Å². The van der Waals surface area contributed by atoms with E-state index in [1.165, 1.54) is 6.20 Å². The molecule has 0 spiro atoms. The summed E-state index contributed by atoms with van der Waals surface area (Å²) in [4.78, 5) is 15.5. The fourth-order valence-corrected chi connectivity index (χ4v) is 1.47. The van der Waals surface area contributed by atoms with Crippen molar-refractivity contribution in [3.8, 4) is 5.75 Å². The number of rotatable bonds is 5. The summed E-state index contributed by atoms with van der Waals surface area (Å²) in [6.45, 7) is 0.423. The molecule has 0 saturated heterocycles. The monoisotopic (exact) mass is 258 g/mol. The molecule has 2 aromatic rings. The topological polar surface area (TPSA) is 74.4 Å². The first kappa shape index (κ1) is 12.9. The lowest BCUT2D eigenvalue weighted by molar-refractivity contribution is 0.0445. The van der Waals surface area contributed by atoms with Gasteiger partial charge < -0.3 is 15.2 Å². The van der Waals surface area contributed by atoms with Gasteiger partial charge >= 0.3 is 5.97 Å². The van der Waals surface area contributed by atoms with Gasteiger partial charge in [-0.1, -0.05) is 18.2 Å². The Morgan fingerprint density at radius 2 is 1.89 bits per heavy atom. The van der Waals surface area contributed by atoms with Gasteiger partial charge in [-0.05, 0) is 24.3 Å². The molecule has 0 bridgehead atoms. The van der Waals surface area contributed by atoms with Crippen molar-refractivity contribution in [2.75, 3.05) is 18.9 Å². The highest BCUT2D eigenvalue weighted by Gasteiger charge is 2.11. The fraction of sp³-hybridized carbons (Fsp3) is 0.143. The summed E-state index contributed by atoms with van der Waals surface area (Å²) >= 11 is 0. The molecule has 1 aromatic heterocycles. The quantitative estimate of drug-likeness (QED) is 0.655. The maximum Gasteiger partial charge on any atom is 0.359 e. The van der Waals surface area contributed by atoms with E-state index >= 15 is 0 Å². The number of aromatic nitrogens is 1. The maximum absolute atomic E-state index is 11.7. The van der Waals surface area contributed by atoms with Crippen molar-refractivity contribution in [3.05, 3.63) is 54.4 Å². The third-order valence-corrected chi connectivity index (χ3v) is 2.36. The van der Waals surface area contributed by atoms with E-state index in [0.717, 1.165) is 5.75 Å². The van der Waals surface area contributed by atoms with Crippen LogP contribution in [-0.4, -0.2) is 24.2 Å². The van der Waals surface area contributed by atoms with Crippen LogP contribution < -0.4 is 10.5 Å². The van der Waals surface area contributed by atoms with E-state index in [-0.39, 0.29) is 18.9 Å². The first-order valence-electron chi connectivity index (χ1n) is 5.83. The van der Waals surface area contributed by atoms with Crippen LogP contribution in [0, 0.1) is 0 Å². The largest absolute Gasteiger partial charge is 0.490 e. The molecule has 1 aromatic carbocycles. The summed E-state index contributed by atoms with van der Waals surface area (Å²) in [5, 5.41) is 0. The van der Waals surface area contributed by atoms with Crippen LogP contribution in [-0.2, 0) is 4.74 Å². The average molecular weight is 258 g/mol. The number of carbonyl (C=O) groups excluding carboxylic acids is 1. The molecule has 2 rings (SSSR count). The summed E-state index contributed by atoms with van der Waals surface area (Å²) in [5.74, 6) is 0.186. The molecule has 0 saturated carbocycles. The summed E-state index contributed by atoms with van der Waals surface area (Å²) in [5.41, 5.74) is 6.05. The number of nitrogen functional groups attached to an aromatic ring is 1. The predicted octanol–water partition coefficient (Wildman–Crippen LogP) is 1.90. The van der Waals surface area contributed by atoms with Crippen molar-refractivity contribution >= 4 is 11.7 Å². The van der Waals surface area contributed by atoms with E-state index < -0.39 is 5.97 Å². The second kappa shape index (κ2) is 6.39. The Labute approximate surface area is 111 Å². The lowest BCUT2D eigenvalue weighted by Gasteiger charge is -2.07. The summed E-state index contributed by atoms with van der Waals surface area (Å²) in [6.07, 6.45) is 1.49. The van der Waals surface area contributed by atoms with Crippen molar-refractivity contribution in [1.29, 1.82) is 0 Å². The van der Waals surface area contributed by atoms with Crippen molar-refractivity contribution in [2.45, 2.75) is 0 Å². The number of nitrogens with zero attached hydrogens (tertiary/aromatic N) is 1. The van der Waals surface area contributed by atoms with Crippen LogP contribution in [0.5, 0.6) is 5.75 Å². The maximum atomic E-state index is 11.7. The van der Waals surface area contributed by atoms with Gasteiger partial charge in [0.2, 0.25) is 0 Å². The minimum atomic E-state index is -0.547. The van der Waals surface area contributed by atoms with Gasteiger partial charge in [0, 0.05) is 6.20 Å². The minimum Gasteiger partial charge on any atom is -0.490 e. The average Bonchev–Trinajstić information content (AvgIpc) is 2.45. The molecule has 5 nitrogen and oxygen atoms in total. The molecule has 5 heteroatoms. The van der Waals surface area contributed by atoms with Crippen LogP contribution in [0.3, 0.4) is 0 Å². The molecule has 0 amide bonds. The van der Waals surface area contributed by atoms with Gasteiger partial charge in [-0.15, -0.1) is 0 Å². The molecule has 0 unspecified atom stereocenters. The first-order chi connectivity index (χ1) is 9.27. The van der Waals surface area contributed by atoms with Crippen LogP contribution in [0.25, 0.3) is 0 Å². The Kier molecular flexibility index (Phi) is 4.34. The number of para-hydroxylation sites is 1. The van der Waals surface area contributed by atoms with E-state index in [9.17, 15) is 4.79 Å². The number of anilines is 1. The van der Waals surface area contributed by atoms with Crippen molar-refractivity contribution in [2.24, 2.45) is 0 Å². The minimum absolute atomic E-state index is 0.127. The molecule has 0 fully saturated rings. The zero-order valence-corrected chi connectivity index (χ0v) is 10.3. The molecule has 98 valence electrons. The Morgan fingerprint density at radius 3 is 2.63 bits per heavy atom. The molecule has 0 aliphatic heterocycles. The molecule has 0 atom stereocenters. The van der Waals surface area contributed by atoms with Gasteiger partial charge in [0.1, 0.15) is 19.0 Å². The van der Waals surface area contributed by atoms with Gasteiger partial charge in [0.15, 0.2) is 5.69 Å². The molecular formula is C14H14N2O3. The van der Waals surface area contributed by atoms with Gasteiger partial charge in [0.05, 0.1) is 5.69 Å². The number of hydrogen-bond donors (Lipinski definition) is 1. The lowest BCUT2D eigenvalue weighted by atomic mass is 10.3. The number of carbonyl (C=O) groups is 1. The molecule has 0 aliphatic rings. The number of hydrogen-bond acceptors (Lipinski definition) is 5. The Morgan fingerprint density at radius 1 is 1.11 bits per heavy atom. The SMILES string of the molecule is Nc1cccnc1C(=O)OCCOc1ccccc1. The fourth-order valence-electron chi connectivity index (χ4n) is 1.47. The Balaban J connectivity index is 1.77. The standard InChI is InChI=1S/C14H14N2O3/c15-12-7-4-8-16-13(12)14(17)19-10-9-18-11-5-2-1-3-6-11/h1-8H,9-10,15H2. The van der Waals surface area contributed by atoms with E-state index in [1.54, 1.807) is 12.1 Å². The highest BCUT2D eigenvalue weighted by molar-refractivity contribution is 5.92. The number of esters is 1. The Bertz CT molecular complexity index is 543. The summed E-state index contributed by atoms with van der Waals surface area (Å²) < 4.78 is 10.4. The van der Waals surface area contributed by atoms with Crippen LogP contribution in [0.15, 0.2) is 48.7 Å². The normalized spacial score (nSPS) is 9.89. The van der Waals surface area contributed by atoms with E-state index in [0.29, 0.717) is 5.69 Å². The van der Waals surface area contributed by atoms with Crippen molar-refractivity contribution < 1.29 is 14.3 Å². The highest BCUT2D eigenvalue weighted by Crippen LogP contribution is 2.09. The molecule has 19 heavy (non-hydrogen) atoms. The summed E-state index contributed by atoms with van der Waals surface area (Å²) in [7, 11) is 0. The number of nitrogens with two attached hydrogens (primary N) is 1. The van der Waals surface area contributed by atoms with Crippen LogP contribution >= 0.6 is 0 Å². The third kappa shape index (κ3) is 3.70. The van der Waals surface area contributed by atoms with E-state index in [4.69, 9.17) is 15.2 Å². The predicted molar refractivity (Wildman–Crippen MR) is 70.9 cm³/mol. The number of ether oxygens (including phenoxy) is 2. The van der Waals surface area contributed by atoms with Crippen LogP contribution in [0.4, 0.5) is 5.69 Å². The van der Waals surface area contributed by atoms with Gasteiger partial charge in [-0.2, -0.15) is 0 Å². The zero-order chi connectivity index (χ0) is 13.5. The summed E-state index contributed by atoms with van der Waals surface area (Å²) in [6, 6.07) is 12.6. The molecule has 0 aliphatic carbocycles. The van der Waals surface area contributed by atoms with Gasteiger partial charge in [-0.3, -0.25) is 0 Å². The van der Waals surface area contributed by atoms with E-state index in [2.05, 4.69) is 4.98 Å². The van der Waals surface area contributed by atoms with E-state index in [1.807, 2.05) is 30.3 Å². The van der Waals surface area contributed by atoms with Crippen LogP contribution in [0.1, 0.15) is 10.5 Å². The second-order valence-corrected chi connectivity index (χ2v) is 3.74. The number of benzene rings is 1. The molecule has 1 heterocycles. The molecular weight excluding hydrogens is 244 g/mol. The highest BCUT2D eigenvalue weighted by atomic mass is 16.6. The molecule has 2 N–H and O–H groups in total. The van der Waals surface area contributed by atoms with Crippen molar-refractivity contribution in [3.63, 3.8) is 0 Å². The third-order valence-electron chi connectivity index (χ3n) is 2.36. The van der Waals surface area contributed by atoms with Gasteiger partial charge in [0.25, 0.3) is 0 Å². The zero-order valence-electron chi connectivity index (χ0n) is 10.3. The van der Waals surface area contributed by atoms with Crippen LogP contribution in [0.2, 0.25) is 0 Å². The second-order valence-electron chi connectivity index (χ2n) is 3.74. The Hall–Kier alpha value is -2.56. The number of pyridine rings is 1. The first-order valence-corrected chi connectivity index (χ1v) is 5.83.